The van der Waals surface area contributed by atoms with Crippen molar-refractivity contribution >= 4 is 5.91 Å². The van der Waals surface area contributed by atoms with E-state index >= 15 is 0 Å². The molecule has 49 heavy (non-hydrogen) atoms. The molecule has 0 fully saturated rings. The summed E-state index contributed by atoms with van der Waals surface area (Å²) in [6, 6.07) is 19.6. The molecule has 1 heterocycles. The molecule has 0 saturated carbocycles. The molecule has 1 amide bonds. The maximum absolute atomic E-state index is 14.9. The van der Waals surface area contributed by atoms with Gasteiger partial charge in [-0.05, 0) is 86.5 Å². The number of nitrogens with zero attached hydrogens (tertiary/aromatic N) is 1. The smallest absolute Gasteiger partial charge is 0.424 e. The van der Waals surface area contributed by atoms with Crippen LogP contribution >= 0.6 is 0 Å². The molecule has 0 spiro atoms. The van der Waals surface area contributed by atoms with Crippen LogP contribution in [0.3, 0.4) is 0 Å². The van der Waals surface area contributed by atoms with E-state index in [4.69, 9.17) is 19.3 Å². The number of alkyl halides is 3. The van der Waals surface area contributed by atoms with E-state index in [1.807, 2.05) is 37.3 Å². The number of pyridine rings is 1. The van der Waals surface area contributed by atoms with Crippen molar-refractivity contribution in [1.29, 1.82) is 0 Å². The first-order valence-corrected chi connectivity index (χ1v) is 15.6. The second-order valence-electron chi connectivity index (χ2n) is 11.1. The van der Waals surface area contributed by atoms with Crippen molar-refractivity contribution in [1.82, 2.24) is 15.6 Å². The summed E-state index contributed by atoms with van der Waals surface area (Å²) in [5.41, 5.74) is -2.91. The molecule has 13 heteroatoms. The van der Waals surface area contributed by atoms with Crippen LogP contribution in [0.25, 0.3) is 11.3 Å². The Hall–Kier alpha value is -4.72. The van der Waals surface area contributed by atoms with E-state index in [0.29, 0.717) is 12.1 Å². The van der Waals surface area contributed by atoms with Crippen molar-refractivity contribution in [2.24, 2.45) is 0 Å². The van der Waals surface area contributed by atoms with Gasteiger partial charge in [-0.2, -0.15) is 13.2 Å². The second kappa shape index (κ2) is 16.6. The van der Waals surface area contributed by atoms with E-state index in [1.54, 1.807) is 6.92 Å². The SMILES string of the molecule is CCOc1c(CCN[C@@H](C)c2ccccc2)cc([C@@](O)(CNC(=O)c2ccc(OCCO)c(OC)c2)C(F)(F)F)nc1-c1ccc(F)cc1. The van der Waals surface area contributed by atoms with Crippen molar-refractivity contribution in [3.05, 3.63) is 107 Å². The number of carbonyl (C=O) groups is 1. The second-order valence-corrected chi connectivity index (χ2v) is 11.1. The van der Waals surface area contributed by atoms with Gasteiger partial charge >= 0.3 is 6.18 Å². The number of nitrogens with one attached hydrogen (secondary N) is 2. The van der Waals surface area contributed by atoms with E-state index < -0.39 is 35.7 Å². The lowest BCUT2D eigenvalue weighted by Crippen LogP contribution is -2.51. The zero-order valence-electron chi connectivity index (χ0n) is 27.3. The predicted molar refractivity (Wildman–Crippen MR) is 175 cm³/mol. The van der Waals surface area contributed by atoms with Crippen molar-refractivity contribution in [3.63, 3.8) is 0 Å². The average molecular weight is 686 g/mol. The van der Waals surface area contributed by atoms with Crippen LogP contribution in [0.4, 0.5) is 17.6 Å². The van der Waals surface area contributed by atoms with Gasteiger partial charge in [-0.1, -0.05) is 30.3 Å². The van der Waals surface area contributed by atoms with Gasteiger partial charge in [0, 0.05) is 17.2 Å². The lowest BCUT2D eigenvalue weighted by Gasteiger charge is -2.31. The monoisotopic (exact) mass is 685 g/mol. The number of methoxy groups -OCH3 is 1. The van der Waals surface area contributed by atoms with Gasteiger partial charge < -0.3 is 35.1 Å². The van der Waals surface area contributed by atoms with Crippen LogP contribution in [-0.2, 0) is 12.0 Å². The molecule has 0 aliphatic heterocycles. The minimum atomic E-state index is -5.29. The molecule has 4 aromatic rings. The van der Waals surface area contributed by atoms with Crippen LogP contribution in [0.15, 0.2) is 78.9 Å². The number of aliphatic hydroxyl groups excluding tert-OH is 1. The lowest BCUT2D eigenvalue weighted by atomic mass is 9.93. The fourth-order valence-corrected chi connectivity index (χ4v) is 5.11. The Bertz CT molecular complexity index is 1690. The summed E-state index contributed by atoms with van der Waals surface area (Å²) >= 11 is 0. The molecule has 0 saturated heterocycles. The van der Waals surface area contributed by atoms with Crippen molar-refractivity contribution in [3.8, 4) is 28.5 Å². The number of benzene rings is 3. The summed E-state index contributed by atoms with van der Waals surface area (Å²) in [6.45, 7) is 2.55. The number of ether oxygens (including phenoxy) is 3. The molecule has 1 aromatic heterocycles. The Morgan fingerprint density at radius 2 is 1.69 bits per heavy atom. The van der Waals surface area contributed by atoms with E-state index in [2.05, 4.69) is 15.6 Å². The quantitative estimate of drug-likeness (QED) is 0.110. The van der Waals surface area contributed by atoms with Crippen molar-refractivity contribution in [2.45, 2.75) is 38.1 Å². The first kappa shape index (κ1) is 37.1. The molecule has 3 aromatic carbocycles. The van der Waals surface area contributed by atoms with Crippen LogP contribution in [-0.4, -0.2) is 67.3 Å². The van der Waals surface area contributed by atoms with Crippen LogP contribution < -0.4 is 24.8 Å². The number of halogens is 4. The molecule has 0 aliphatic carbocycles. The largest absolute Gasteiger partial charge is 0.493 e. The number of aromatic nitrogens is 1. The summed E-state index contributed by atoms with van der Waals surface area (Å²) < 4.78 is 74.9. The van der Waals surface area contributed by atoms with Gasteiger partial charge in [-0.3, -0.25) is 4.79 Å². The van der Waals surface area contributed by atoms with Gasteiger partial charge in [-0.15, -0.1) is 0 Å². The van der Waals surface area contributed by atoms with Crippen LogP contribution in [0.1, 0.15) is 47.1 Å². The van der Waals surface area contributed by atoms with Crippen molar-refractivity contribution in [2.75, 3.05) is 40.0 Å². The normalized spacial score (nSPS) is 13.3. The first-order valence-electron chi connectivity index (χ1n) is 15.6. The highest BCUT2D eigenvalue weighted by molar-refractivity contribution is 5.95. The van der Waals surface area contributed by atoms with E-state index in [9.17, 15) is 27.5 Å². The van der Waals surface area contributed by atoms with Gasteiger partial charge in [-0.25, -0.2) is 9.37 Å². The summed E-state index contributed by atoms with van der Waals surface area (Å²) in [7, 11) is 1.32. The Labute approximate surface area is 281 Å². The number of carbonyl (C=O) groups excluding carboxylic acids is 1. The molecule has 9 nitrogen and oxygen atoms in total. The molecule has 262 valence electrons. The molecular weight excluding hydrogens is 646 g/mol. The highest BCUT2D eigenvalue weighted by Gasteiger charge is 2.56. The third-order valence-corrected chi connectivity index (χ3v) is 7.77. The van der Waals surface area contributed by atoms with Crippen molar-refractivity contribution < 1.29 is 46.8 Å². The average Bonchev–Trinajstić information content (AvgIpc) is 3.10. The summed E-state index contributed by atoms with van der Waals surface area (Å²) in [4.78, 5) is 17.3. The summed E-state index contributed by atoms with van der Waals surface area (Å²) in [5.74, 6) is -0.970. The van der Waals surface area contributed by atoms with Gasteiger partial charge in [0.15, 0.2) is 11.5 Å². The van der Waals surface area contributed by atoms with E-state index in [-0.39, 0.29) is 66.4 Å². The minimum Gasteiger partial charge on any atom is -0.493 e. The maximum atomic E-state index is 14.9. The zero-order valence-corrected chi connectivity index (χ0v) is 27.3. The maximum Gasteiger partial charge on any atom is 0.424 e. The predicted octanol–water partition coefficient (Wildman–Crippen LogP) is 5.74. The molecule has 4 rings (SSSR count). The van der Waals surface area contributed by atoms with Gasteiger partial charge in [0.05, 0.1) is 32.6 Å². The molecule has 0 aliphatic rings. The van der Waals surface area contributed by atoms with E-state index in [1.165, 1.54) is 37.4 Å². The summed E-state index contributed by atoms with van der Waals surface area (Å²) in [5, 5.41) is 26.0. The summed E-state index contributed by atoms with van der Waals surface area (Å²) in [6.07, 6.45) is -5.11. The third kappa shape index (κ3) is 9.05. The standard InChI is InChI=1S/C36H39F4N3O6/c1-4-48-33-26(16-17-41-23(2)24-8-6-5-7-9-24)21-31(43-32(33)25-10-13-28(37)14-11-25)35(46,36(38,39)40)22-42-34(45)27-12-15-29(49-19-18-44)30(20-27)47-3/h5-15,20-21,23,41,44,46H,4,16-19,22H2,1-3H3,(H,42,45)/t23-,35-/m0/s1. The molecular formula is C36H39F4N3O6. The highest BCUT2D eigenvalue weighted by Crippen LogP contribution is 2.42. The Balaban J connectivity index is 1.72. The highest BCUT2D eigenvalue weighted by atomic mass is 19.4. The number of aliphatic hydroxyl groups is 2. The van der Waals surface area contributed by atoms with Crippen LogP contribution in [0.2, 0.25) is 0 Å². The van der Waals surface area contributed by atoms with Gasteiger partial charge in [0.25, 0.3) is 5.91 Å². The molecule has 4 N–H and O–H groups in total. The number of hydrogen-bond acceptors (Lipinski definition) is 8. The number of rotatable bonds is 16. The molecule has 0 bridgehead atoms. The third-order valence-electron chi connectivity index (χ3n) is 7.77. The van der Waals surface area contributed by atoms with Crippen LogP contribution in [0, 0.1) is 5.82 Å². The Morgan fingerprint density at radius 1 is 0.980 bits per heavy atom. The van der Waals surface area contributed by atoms with Gasteiger partial charge in [0.1, 0.15) is 23.9 Å². The molecule has 0 unspecified atom stereocenters. The number of amides is 1. The minimum absolute atomic E-state index is 0.0253. The molecule has 2 atom stereocenters. The Kier molecular flexibility index (Phi) is 12.6. The molecule has 0 radical (unpaired) electrons. The lowest BCUT2D eigenvalue weighted by molar-refractivity contribution is -0.265. The first-order chi connectivity index (χ1) is 23.4. The fourth-order valence-electron chi connectivity index (χ4n) is 5.11. The fraction of sp³-hybridized carbons (Fsp3) is 0.333. The van der Waals surface area contributed by atoms with Gasteiger partial charge in [0.2, 0.25) is 5.60 Å². The Morgan fingerprint density at radius 3 is 2.33 bits per heavy atom. The van der Waals surface area contributed by atoms with Crippen LogP contribution in [0.5, 0.6) is 17.2 Å². The topological polar surface area (TPSA) is 122 Å². The number of hydrogen-bond donors (Lipinski definition) is 4. The zero-order chi connectivity index (χ0) is 35.6. The van der Waals surface area contributed by atoms with E-state index in [0.717, 1.165) is 23.8 Å².